The molecule has 32 heavy (non-hydrogen) atoms. The molecule has 0 aromatic heterocycles. The molecule has 164 valence electrons. The second-order valence-corrected chi connectivity index (χ2v) is 7.67. The minimum absolute atomic E-state index is 0.0413. The third-order valence-corrected chi connectivity index (χ3v) is 5.52. The molecule has 3 aromatic carbocycles. The number of carbonyl (C=O) groups excluding carboxylic acids is 1. The lowest BCUT2D eigenvalue weighted by Crippen LogP contribution is -2.10. The highest BCUT2D eigenvalue weighted by Crippen LogP contribution is 2.33. The van der Waals surface area contributed by atoms with Crippen LogP contribution in [-0.2, 0) is 17.8 Å². The number of carbonyl (C=O) groups is 3. The number of halogens is 2. The monoisotopic (exact) mass is 472 g/mol. The molecule has 0 amide bonds. The Morgan fingerprint density at radius 1 is 0.875 bits per heavy atom. The minimum atomic E-state index is -1.26. The van der Waals surface area contributed by atoms with Crippen molar-refractivity contribution in [2.75, 3.05) is 0 Å². The Kier molecular flexibility index (Phi) is 7.18. The van der Waals surface area contributed by atoms with E-state index in [1.807, 2.05) is 0 Å². The van der Waals surface area contributed by atoms with Crippen molar-refractivity contribution in [3.8, 4) is 11.1 Å². The summed E-state index contributed by atoms with van der Waals surface area (Å²) >= 11 is 12.1. The van der Waals surface area contributed by atoms with E-state index in [9.17, 15) is 24.6 Å². The number of esters is 1. The fraction of sp³-hybridized carbons (Fsp3) is 0.125. The van der Waals surface area contributed by atoms with Crippen molar-refractivity contribution in [2.24, 2.45) is 0 Å². The zero-order valence-electron chi connectivity index (χ0n) is 16.9. The van der Waals surface area contributed by atoms with Crippen LogP contribution in [0.3, 0.4) is 0 Å². The van der Waals surface area contributed by atoms with Crippen LogP contribution in [0.15, 0.2) is 54.6 Å². The number of ether oxygens (including phenoxy) is 1. The van der Waals surface area contributed by atoms with Crippen LogP contribution in [0.2, 0.25) is 10.0 Å². The summed E-state index contributed by atoms with van der Waals surface area (Å²) in [7, 11) is 0. The number of hydrogen-bond acceptors (Lipinski definition) is 4. The van der Waals surface area contributed by atoms with Crippen LogP contribution in [0, 0.1) is 0 Å². The van der Waals surface area contributed by atoms with Crippen molar-refractivity contribution in [3.63, 3.8) is 0 Å². The fourth-order valence-electron chi connectivity index (χ4n) is 3.39. The molecule has 0 aliphatic carbocycles. The molecule has 0 saturated carbocycles. The molecule has 0 atom stereocenters. The highest BCUT2D eigenvalue weighted by molar-refractivity contribution is 6.39. The number of rotatable bonds is 7. The zero-order chi connectivity index (χ0) is 23.4. The summed E-state index contributed by atoms with van der Waals surface area (Å²) in [6.45, 7) is 1.64. The summed E-state index contributed by atoms with van der Waals surface area (Å²) in [5, 5.41) is 19.4. The van der Waals surface area contributed by atoms with Crippen LogP contribution in [0.5, 0.6) is 0 Å². The largest absolute Gasteiger partial charge is 0.478 e. The van der Waals surface area contributed by atoms with Crippen LogP contribution in [0.1, 0.15) is 49.1 Å². The van der Waals surface area contributed by atoms with Crippen molar-refractivity contribution >= 4 is 41.1 Å². The number of hydrogen-bond donors (Lipinski definition) is 2. The molecule has 0 bridgehead atoms. The zero-order valence-corrected chi connectivity index (χ0v) is 18.4. The first-order valence-corrected chi connectivity index (χ1v) is 10.3. The van der Waals surface area contributed by atoms with Crippen molar-refractivity contribution in [1.82, 2.24) is 0 Å². The summed E-state index contributed by atoms with van der Waals surface area (Å²) in [5.41, 5.74) is 1.79. The highest BCUT2D eigenvalue weighted by atomic mass is 35.5. The van der Waals surface area contributed by atoms with Crippen molar-refractivity contribution in [1.29, 1.82) is 0 Å². The van der Waals surface area contributed by atoms with Gasteiger partial charge in [-0.3, -0.25) is 0 Å². The molecular weight excluding hydrogens is 455 g/mol. The molecule has 3 rings (SSSR count). The molecule has 0 heterocycles. The lowest BCUT2D eigenvalue weighted by Gasteiger charge is -2.17. The molecule has 0 aliphatic heterocycles. The van der Waals surface area contributed by atoms with E-state index in [0.717, 1.165) is 6.07 Å². The van der Waals surface area contributed by atoms with Gasteiger partial charge >= 0.3 is 17.9 Å². The molecule has 0 radical (unpaired) electrons. The maximum absolute atomic E-state index is 12.6. The van der Waals surface area contributed by atoms with Gasteiger partial charge in [0.2, 0.25) is 0 Å². The predicted octanol–water partition coefficient (Wildman–Crippen LogP) is 5.98. The van der Waals surface area contributed by atoms with Crippen molar-refractivity contribution < 1.29 is 29.3 Å². The van der Waals surface area contributed by atoms with Crippen molar-refractivity contribution in [3.05, 3.63) is 92.5 Å². The molecule has 0 spiro atoms. The van der Waals surface area contributed by atoms with E-state index in [2.05, 4.69) is 0 Å². The lowest BCUT2D eigenvalue weighted by atomic mass is 9.88. The Balaban J connectivity index is 2.05. The van der Waals surface area contributed by atoms with Crippen molar-refractivity contribution in [2.45, 2.75) is 20.0 Å². The van der Waals surface area contributed by atoms with Gasteiger partial charge in [-0.1, -0.05) is 60.5 Å². The Hall–Kier alpha value is -3.35. The van der Waals surface area contributed by atoms with Gasteiger partial charge in [0, 0.05) is 0 Å². The average molecular weight is 473 g/mol. The summed E-state index contributed by atoms with van der Waals surface area (Å²) < 4.78 is 5.42. The lowest BCUT2D eigenvalue weighted by molar-refractivity contribution is 0.0472. The Labute approximate surface area is 194 Å². The first-order chi connectivity index (χ1) is 15.2. The Bertz CT molecular complexity index is 1200. The molecule has 0 saturated heterocycles. The quantitative estimate of drug-likeness (QED) is 0.410. The number of aromatic carboxylic acids is 2. The van der Waals surface area contributed by atoms with Crippen LogP contribution in [0.4, 0.5) is 0 Å². The van der Waals surface area contributed by atoms with Gasteiger partial charge in [-0.05, 0) is 52.9 Å². The third-order valence-electron chi connectivity index (χ3n) is 4.89. The number of aryl methyl sites for hydroxylation is 1. The summed E-state index contributed by atoms with van der Waals surface area (Å²) in [6.07, 6.45) is 0.403. The summed E-state index contributed by atoms with van der Waals surface area (Å²) in [5.74, 6) is -3.19. The van der Waals surface area contributed by atoms with E-state index in [1.54, 1.807) is 37.3 Å². The molecular formula is C24H18Cl2O6. The maximum Gasteiger partial charge on any atom is 0.341 e. The van der Waals surface area contributed by atoms with E-state index in [-0.39, 0.29) is 33.3 Å². The molecule has 0 fully saturated rings. The minimum Gasteiger partial charge on any atom is -0.478 e. The van der Waals surface area contributed by atoms with Crippen LogP contribution >= 0.6 is 23.2 Å². The van der Waals surface area contributed by atoms with E-state index in [4.69, 9.17) is 27.9 Å². The summed E-state index contributed by atoms with van der Waals surface area (Å²) in [6, 6.07) is 14.1. The van der Waals surface area contributed by atoms with Crippen LogP contribution < -0.4 is 0 Å². The SMILES string of the molecule is CCc1cc(C(=O)O)cc(C(=O)O)c1-c1ccccc1COC(=O)c1c(Cl)cccc1Cl. The Morgan fingerprint density at radius 2 is 1.53 bits per heavy atom. The van der Waals surface area contributed by atoms with E-state index < -0.39 is 17.9 Å². The predicted molar refractivity (Wildman–Crippen MR) is 121 cm³/mol. The van der Waals surface area contributed by atoms with E-state index in [0.29, 0.717) is 28.7 Å². The van der Waals surface area contributed by atoms with Gasteiger partial charge in [0.1, 0.15) is 6.61 Å². The summed E-state index contributed by atoms with van der Waals surface area (Å²) in [4.78, 5) is 36.0. The second kappa shape index (κ2) is 9.85. The van der Waals surface area contributed by atoms with Gasteiger partial charge in [-0.15, -0.1) is 0 Å². The van der Waals surface area contributed by atoms with E-state index in [1.165, 1.54) is 18.2 Å². The number of benzene rings is 3. The molecule has 2 N–H and O–H groups in total. The van der Waals surface area contributed by atoms with Gasteiger partial charge in [0.05, 0.1) is 26.7 Å². The van der Waals surface area contributed by atoms with Gasteiger partial charge < -0.3 is 14.9 Å². The van der Waals surface area contributed by atoms with E-state index >= 15 is 0 Å². The third kappa shape index (κ3) is 4.77. The van der Waals surface area contributed by atoms with Crippen LogP contribution in [0.25, 0.3) is 11.1 Å². The topological polar surface area (TPSA) is 101 Å². The Morgan fingerprint density at radius 3 is 2.12 bits per heavy atom. The molecule has 3 aromatic rings. The van der Waals surface area contributed by atoms with Gasteiger partial charge in [0.15, 0.2) is 0 Å². The fourth-order valence-corrected chi connectivity index (χ4v) is 3.94. The maximum atomic E-state index is 12.6. The number of carboxylic acids is 2. The first kappa shape index (κ1) is 23.3. The normalized spacial score (nSPS) is 10.6. The van der Waals surface area contributed by atoms with Gasteiger partial charge in [-0.25, -0.2) is 14.4 Å². The highest BCUT2D eigenvalue weighted by Gasteiger charge is 2.22. The number of carboxylic acid groups (broad SMARTS) is 2. The molecule has 6 nitrogen and oxygen atoms in total. The standard InChI is InChI=1S/C24H18Cl2O6/c1-2-13-10-15(22(27)28)11-17(23(29)30)20(13)16-7-4-3-6-14(16)12-32-24(31)21-18(25)8-5-9-19(21)26/h3-11H,2,12H2,1H3,(H,27,28)(H,29,30). The molecule has 8 heteroatoms. The van der Waals surface area contributed by atoms with Gasteiger partial charge in [-0.2, -0.15) is 0 Å². The molecule has 0 unspecified atom stereocenters. The first-order valence-electron chi connectivity index (χ1n) is 9.57. The van der Waals surface area contributed by atoms with Crippen LogP contribution in [-0.4, -0.2) is 28.1 Å². The second-order valence-electron chi connectivity index (χ2n) is 6.85. The molecule has 0 aliphatic rings. The average Bonchev–Trinajstić information content (AvgIpc) is 2.76. The smallest absolute Gasteiger partial charge is 0.341 e. The van der Waals surface area contributed by atoms with Gasteiger partial charge in [0.25, 0.3) is 0 Å².